The highest BCUT2D eigenvalue weighted by Gasteiger charge is 2.19. The van der Waals surface area contributed by atoms with Crippen molar-refractivity contribution in [3.8, 4) is 0 Å². The number of allylic oxidation sites excluding steroid dienone is 2. The van der Waals surface area contributed by atoms with E-state index in [1.807, 2.05) is 68.8 Å². The van der Waals surface area contributed by atoms with E-state index in [1.54, 1.807) is 0 Å². The Kier molecular flexibility index (Phi) is 7.10. The molecular weight excluding hydrogens is 394 g/mol. The van der Waals surface area contributed by atoms with Gasteiger partial charge in [-0.1, -0.05) is 26.5 Å². The van der Waals surface area contributed by atoms with Crippen LogP contribution in [0.4, 0.5) is 16.6 Å². The topological polar surface area (TPSA) is 61.6 Å². The number of aromatic nitrogens is 4. The van der Waals surface area contributed by atoms with Crippen molar-refractivity contribution in [3.05, 3.63) is 48.4 Å². The average molecular weight is 426 g/mol. The summed E-state index contributed by atoms with van der Waals surface area (Å²) in [6.07, 6.45) is 8.15. The molecule has 0 bridgehead atoms. The molecule has 1 N–H and O–H groups in total. The van der Waals surface area contributed by atoms with E-state index in [-0.39, 0.29) is 0 Å². The fraction of sp³-hybridized carbons (Fsp3) is 0.409. The lowest BCUT2D eigenvalue weighted by Gasteiger charge is -2.18. The number of aryl methyl sites for hydroxylation is 1. The first-order valence-corrected chi connectivity index (χ1v) is 11.2. The van der Waals surface area contributed by atoms with Crippen molar-refractivity contribution in [1.29, 1.82) is 0 Å². The van der Waals surface area contributed by atoms with Crippen molar-refractivity contribution in [2.75, 3.05) is 37.4 Å². The Balaban J connectivity index is 0.00000124. The number of hydrogen-bond acceptors (Lipinski definition) is 7. The molecule has 0 unspecified atom stereocenters. The van der Waals surface area contributed by atoms with E-state index < -0.39 is 0 Å². The van der Waals surface area contributed by atoms with Gasteiger partial charge in [-0.2, -0.15) is 14.0 Å². The van der Waals surface area contributed by atoms with E-state index in [0.29, 0.717) is 0 Å². The monoisotopic (exact) mass is 425 g/mol. The van der Waals surface area contributed by atoms with Crippen LogP contribution in [0.3, 0.4) is 0 Å². The fourth-order valence-corrected chi connectivity index (χ4v) is 4.08. The second-order valence-electron chi connectivity index (χ2n) is 7.20. The van der Waals surface area contributed by atoms with Crippen LogP contribution in [0.15, 0.2) is 37.2 Å². The van der Waals surface area contributed by atoms with Gasteiger partial charge in [0.25, 0.3) is 0 Å². The molecule has 1 aliphatic rings. The van der Waals surface area contributed by atoms with Gasteiger partial charge in [0.1, 0.15) is 16.6 Å². The summed E-state index contributed by atoms with van der Waals surface area (Å²) >= 11 is 1.45. The molecule has 0 spiro atoms. The van der Waals surface area contributed by atoms with Crippen LogP contribution in [0.1, 0.15) is 37.9 Å². The summed E-state index contributed by atoms with van der Waals surface area (Å²) in [5.41, 5.74) is 3.78. The first kappa shape index (κ1) is 21.8. The largest absolute Gasteiger partial charge is 0.383 e. The molecule has 3 aromatic rings. The minimum atomic E-state index is 0.820. The molecule has 0 atom stereocenters. The van der Waals surface area contributed by atoms with Crippen molar-refractivity contribution in [2.45, 2.75) is 33.6 Å². The van der Waals surface area contributed by atoms with Gasteiger partial charge in [0.05, 0.1) is 11.9 Å². The summed E-state index contributed by atoms with van der Waals surface area (Å²) in [6.45, 7) is 12.0. The second kappa shape index (κ2) is 9.75. The van der Waals surface area contributed by atoms with E-state index >= 15 is 0 Å². The van der Waals surface area contributed by atoms with Crippen molar-refractivity contribution >= 4 is 39.4 Å². The zero-order chi connectivity index (χ0) is 21.7. The fourth-order valence-electron chi connectivity index (χ4n) is 3.41. The summed E-state index contributed by atoms with van der Waals surface area (Å²) in [4.78, 5) is 9.31. The quantitative estimate of drug-likeness (QED) is 0.564. The van der Waals surface area contributed by atoms with Gasteiger partial charge in [-0.15, -0.1) is 0 Å². The number of hydrogen-bond donors (Lipinski definition) is 1. The number of anilines is 3. The molecule has 0 aromatic carbocycles. The highest BCUT2D eigenvalue weighted by molar-refractivity contribution is 7.10. The highest BCUT2D eigenvalue weighted by atomic mass is 32.1. The molecule has 0 radical (unpaired) electrons. The number of rotatable bonds is 6. The Hall–Kier alpha value is -2.87. The molecule has 1 aliphatic heterocycles. The lowest BCUT2D eigenvalue weighted by molar-refractivity contribution is 0.566. The number of nitrogens with zero attached hydrogens (tertiary/aromatic N) is 6. The SMILES string of the molecule is C=C/C(=C\N(C)C)c1cnn2c(Nc3cc(C)ns3)cc(N3CCCC3)nc12.CC. The van der Waals surface area contributed by atoms with Crippen LogP contribution < -0.4 is 10.2 Å². The zero-order valence-electron chi connectivity index (χ0n) is 18.5. The number of fused-ring (bicyclic) bond motifs is 1. The van der Waals surface area contributed by atoms with E-state index in [4.69, 9.17) is 4.98 Å². The summed E-state index contributed by atoms with van der Waals surface area (Å²) in [6, 6.07) is 4.12. The van der Waals surface area contributed by atoms with Crippen molar-refractivity contribution in [2.24, 2.45) is 0 Å². The van der Waals surface area contributed by atoms with E-state index in [9.17, 15) is 0 Å². The molecule has 4 heterocycles. The van der Waals surface area contributed by atoms with Crippen LogP contribution in [0, 0.1) is 6.92 Å². The van der Waals surface area contributed by atoms with Crippen LogP contribution in [0.2, 0.25) is 0 Å². The van der Waals surface area contributed by atoms with Crippen molar-refractivity contribution < 1.29 is 0 Å². The maximum atomic E-state index is 4.97. The smallest absolute Gasteiger partial charge is 0.167 e. The van der Waals surface area contributed by atoms with Crippen molar-refractivity contribution in [1.82, 2.24) is 23.9 Å². The predicted molar refractivity (Wildman–Crippen MR) is 128 cm³/mol. The Labute approximate surface area is 182 Å². The Morgan fingerprint density at radius 3 is 2.57 bits per heavy atom. The Bertz CT molecular complexity index is 1030. The molecule has 8 heteroatoms. The van der Waals surface area contributed by atoms with Gasteiger partial charge < -0.3 is 15.1 Å². The van der Waals surface area contributed by atoms with Crippen LogP contribution >= 0.6 is 11.5 Å². The maximum absolute atomic E-state index is 4.97. The van der Waals surface area contributed by atoms with Gasteiger partial charge in [0, 0.05) is 50.6 Å². The first-order valence-electron chi connectivity index (χ1n) is 10.4. The molecule has 0 amide bonds. The summed E-state index contributed by atoms with van der Waals surface area (Å²) < 4.78 is 6.23. The predicted octanol–water partition coefficient (Wildman–Crippen LogP) is 4.95. The molecule has 7 nitrogen and oxygen atoms in total. The van der Waals surface area contributed by atoms with Crippen LogP contribution in [-0.4, -0.2) is 51.1 Å². The highest BCUT2D eigenvalue weighted by Crippen LogP contribution is 2.30. The molecule has 160 valence electrons. The van der Waals surface area contributed by atoms with Gasteiger partial charge in [0.15, 0.2) is 5.65 Å². The maximum Gasteiger partial charge on any atom is 0.167 e. The second-order valence-corrected chi connectivity index (χ2v) is 8.00. The normalized spacial score (nSPS) is 13.9. The van der Waals surface area contributed by atoms with Crippen LogP contribution in [-0.2, 0) is 0 Å². The summed E-state index contributed by atoms with van der Waals surface area (Å²) in [5, 5.41) is 9.08. The third-order valence-electron chi connectivity index (χ3n) is 4.70. The molecule has 4 rings (SSSR count). The van der Waals surface area contributed by atoms with E-state index in [0.717, 1.165) is 52.2 Å². The van der Waals surface area contributed by atoms with Gasteiger partial charge in [-0.25, -0.2) is 4.98 Å². The van der Waals surface area contributed by atoms with Crippen LogP contribution in [0.5, 0.6) is 0 Å². The van der Waals surface area contributed by atoms with Gasteiger partial charge in [-0.05, 0) is 37.4 Å². The lowest BCUT2D eigenvalue weighted by Crippen LogP contribution is -2.20. The van der Waals surface area contributed by atoms with Gasteiger partial charge in [-0.3, -0.25) is 0 Å². The molecule has 1 saturated heterocycles. The minimum Gasteiger partial charge on any atom is -0.383 e. The lowest BCUT2D eigenvalue weighted by atomic mass is 10.1. The van der Waals surface area contributed by atoms with E-state index in [1.165, 1.54) is 24.4 Å². The Morgan fingerprint density at radius 2 is 1.97 bits per heavy atom. The van der Waals surface area contributed by atoms with Crippen LogP contribution in [0.25, 0.3) is 11.2 Å². The molecule has 1 fully saturated rings. The van der Waals surface area contributed by atoms with Crippen molar-refractivity contribution in [3.63, 3.8) is 0 Å². The molecule has 3 aromatic heterocycles. The third-order valence-corrected chi connectivity index (χ3v) is 5.49. The standard InChI is InChI=1S/C20H25N7S.C2H6/c1-5-15(13-25(3)4)16-12-21-27-18(22-19-10-14(2)24-28-19)11-17(23-20(16)27)26-8-6-7-9-26;1-2/h5,10-13,22H,1,6-9H2,2-4H3;1-2H3/b15-13+;. The third kappa shape index (κ3) is 4.64. The van der Waals surface area contributed by atoms with Gasteiger partial charge >= 0.3 is 0 Å². The minimum absolute atomic E-state index is 0.820. The van der Waals surface area contributed by atoms with E-state index in [2.05, 4.69) is 32.3 Å². The Morgan fingerprint density at radius 1 is 1.23 bits per heavy atom. The molecular formula is C22H31N7S. The molecule has 0 aliphatic carbocycles. The first-order chi connectivity index (χ1) is 14.5. The summed E-state index contributed by atoms with van der Waals surface area (Å²) in [5.74, 6) is 1.86. The van der Waals surface area contributed by atoms with Gasteiger partial charge in [0.2, 0.25) is 0 Å². The zero-order valence-corrected chi connectivity index (χ0v) is 19.3. The average Bonchev–Trinajstić information content (AvgIpc) is 3.48. The summed E-state index contributed by atoms with van der Waals surface area (Å²) in [7, 11) is 3.99. The molecule has 30 heavy (non-hydrogen) atoms. The molecule has 0 saturated carbocycles. The number of nitrogens with one attached hydrogen (secondary N) is 1.